The molecule has 0 aliphatic rings. The van der Waals surface area contributed by atoms with E-state index in [-0.39, 0.29) is 0 Å². The smallest absolute Gasteiger partial charge is 0.143 e. The van der Waals surface area contributed by atoms with E-state index in [4.69, 9.17) is 4.74 Å². The van der Waals surface area contributed by atoms with Crippen LogP contribution in [0, 0.1) is 0 Å². The highest BCUT2D eigenvalue weighted by atomic mass is 79.9. The van der Waals surface area contributed by atoms with E-state index in [1.54, 1.807) is 13.3 Å². The minimum atomic E-state index is 0.744. The molecule has 0 saturated carbocycles. The van der Waals surface area contributed by atoms with E-state index in [1.165, 1.54) is 0 Å². The molecule has 0 aliphatic carbocycles. The Hall–Kier alpha value is -0.680. The first-order chi connectivity index (χ1) is 6.77. The fraction of sp³-hybridized carbons (Fsp3) is 0.556. The molecule has 0 amide bonds. The summed E-state index contributed by atoms with van der Waals surface area (Å²) in [5.41, 5.74) is 0. The van der Waals surface area contributed by atoms with Gasteiger partial charge in [0.05, 0.1) is 4.47 Å². The fourth-order valence-electron chi connectivity index (χ4n) is 1.07. The van der Waals surface area contributed by atoms with Crippen molar-refractivity contribution in [3.05, 3.63) is 16.5 Å². The average Bonchev–Trinajstić information content (AvgIpc) is 2.21. The summed E-state index contributed by atoms with van der Waals surface area (Å²) in [7, 11) is 3.54. The number of anilines is 1. The summed E-state index contributed by atoms with van der Waals surface area (Å²) in [5.74, 6) is 1.67. The van der Waals surface area contributed by atoms with Gasteiger partial charge in [-0.1, -0.05) is 0 Å². The second-order valence-corrected chi connectivity index (χ2v) is 3.68. The molecule has 0 saturated heterocycles. The molecular formula is C9H14BrN3O. The van der Waals surface area contributed by atoms with E-state index in [0.29, 0.717) is 0 Å². The predicted octanol–water partition coefficient (Wildman–Crippen LogP) is 1.86. The monoisotopic (exact) mass is 259 g/mol. The minimum absolute atomic E-state index is 0.744. The molecule has 1 aromatic heterocycles. The van der Waals surface area contributed by atoms with Crippen LogP contribution in [-0.4, -0.2) is 30.7 Å². The molecule has 5 heteroatoms. The summed E-state index contributed by atoms with van der Waals surface area (Å²) in [5, 5.41) is 3.00. The summed E-state index contributed by atoms with van der Waals surface area (Å²) in [6.07, 6.45) is 3.55. The molecule has 0 atom stereocenters. The Bertz CT molecular complexity index is 293. The standard InChI is InChI=1S/C9H14BrN3O/c1-11-9-7(10)6-12-8(13-9)4-3-5-14-2/h6H,3-5H2,1-2H3,(H,11,12,13). The number of hydrogen-bond donors (Lipinski definition) is 1. The van der Waals surface area contributed by atoms with Crippen molar-refractivity contribution in [3.63, 3.8) is 0 Å². The van der Waals surface area contributed by atoms with Gasteiger partial charge in [-0.05, 0) is 22.4 Å². The van der Waals surface area contributed by atoms with Gasteiger partial charge in [0.25, 0.3) is 0 Å². The zero-order chi connectivity index (χ0) is 10.4. The number of rotatable bonds is 5. The lowest BCUT2D eigenvalue weighted by Crippen LogP contribution is -2.02. The van der Waals surface area contributed by atoms with Crippen molar-refractivity contribution >= 4 is 21.7 Å². The first-order valence-corrected chi connectivity index (χ1v) is 5.25. The molecule has 0 aromatic carbocycles. The fourth-order valence-corrected chi connectivity index (χ4v) is 1.46. The number of aromatic nitrogens is 2. The van der Waals surface area contributed by atoms with E-state index < -0.39 is 0 Å². The van der Waals surface area contributed by atoms with Crippen LogP contribution in [0.15, 0.2) is 10.7 Å². The second-order valence-electron chi connectivity index (χ2n) is 2.83. The van der Waals surface area contributed by atoms with Crippen LogP contribution in [-0.2, 0) is 11.2 Å². The van der Waals surface area contributed by atoms with Crippen LogP contribution < -0.4 is 5.32 Å². The number of hydrogen-bond acceptors (Lipinski definition) is 4. The number of aryl methyl sites for hydroxylation is 1. The molecule has 0 fully saturated rings. The van der Waals surface area contributed by atoms with Crippen LogP contribution in [0.3, 0.4) is 0 Å². The van der Waals surface area contributed by atoms with Gasteiger partial charge in [0.15, 0.2) is 0 Å². The highest BCUT2D eigenvalue weighted by Crippen LogP contribution is 2.17. The molecule has 0 unspecified atom stereocenters. The third-order valence-corrected chi connectivity index (χ3v) is 2.36. The molecule has 1 aromatic rings. The molecular weight excluding hydrogens is 246 g/mol. The van der Waals surface area contributed by atoms with Crippen molar-refractivity contribution in [1.82, 2.24) is 9.97 Å². The first-order valence-electron chi connectivity index (χ1n) is 4.46. The highest BCUT2D eigenvalue weighted by Gasteiger charge is 2.02. The SMILES string of the molecule is CNc1nc(CCCOC)ncc1Br. The van der Waals surface area contributed by atoms with Crippen molar-refractivity contribution in [3.8, 4) is 0 Å². The van der Waals surface area contributed by atoms with Crippen molar-refractivity contribution in [2.45, 2.75) is 12.8 Å². The third kappa shape index (κ3) is 3.23. The molecule has 78 valence electrons. The Labute approximate surface area is 92.2 Å². The molecule has 4 nitrogen and oxygen atoms in total. The zero-order valence-electron chi connectivity index (χ0n) is 8.38. The maximum atomic E-state index is 4.96. The Balaban J connectivity index is 2.60. The van der Waals surface area contributed by atoms with Crippen LogP contribution in [0.4, 0.5) is 5.82 Å². The van der Waals surface area contributed by atoms with Gasteiger partial charge in [-0.3, -0.25) is 0 Å². The molecule has 14 heavy (non-hydrogen) atoms. The van der Waals surface area contributed by atoms with Gasteiger partial charge in [-0.2, -0.15) is 0 Å². The van der Waals surface area contributed by atoms with E-state index in [9.17, 15) is 0 Å². The third-order valence-electron chi connectivity index (χ3n) is 1.78. The minimum Gasteiger partial charge on any atom is -0.385 e. The summed E-state index contributed by atoms with van der Waals surface area (Å²) < 4.78 is 5.85. The molecule has 0 bridgehead atoms. The Kier molecular flexibility index (Phi) is 4.82. The largest absolute Gasteiger partial charge is 0.385 e. The van der Waals surface area contributed by atoms with Gasteiger partial charge < -0.3 is 10.1 Å². The quantitative estimate of drug-likeness (QED) is 0.821. The summed E-state index contributed by atoms with van der Waals surface area (Å²) in [6.45, 7) is 0.744. The van der Waals surface area contributed by atoms with Gasteiger partial charge >= 0.3 is 0 Å². The van der Waals surface area contributed by atoms with E-state index in [2.05, 4.69) is 31.2 Å². The summed E-state index contributed by atoms with van der Waals surface area (Å²) in [6, 6.07) is 0. The normalized spacial score (nSPS) is 10.2. The van der Waals surface area contributed by atoms with Crippen LogP contribution >= 0.6 is 15.9 Å². The number of methoxy groups -OCH3 is 1. The Morgan fingerprint density at radius 1 is 1.57 bits per heavy atom. The van der Waals surface area contributed by atoms with E-state index in [1.807, 2.05) is 7.05 Å². The lowest BCUT2D eigenvalue weighted by molar-refractivity contribution is 0.194. The zero-order valence-corrected chi connectivity index (χ0v) is 9.97. The number of nitrogens with zero attached hydrogens (tertiary/aromatic N) is 2. The number of ether oxygens (including phenoxy) is 1. The molecule has 1 rings (SSSR count). The average molecular weight is 260 g/mol. The second kappa shape index (κ2) is 5.93. The highest BCUT2D eigenvalue weighted by molar-refractivity contribution is 9.10. The lowest BCUT2D eigenvalue weighted by Gasteiger charge is -2.04. The molecule has 0 radical (unpaired) electrons. The van der Waals surface area contributed by atoms with Gasteiger partial charge in [0.1, 0.15) is 11.6 Å². The van der Waals surface area contributed by atoms with Crippen molar-refractivity contribution in [1.29, 1.82) is 0 Å². The topological polar surface area (TPSA) is 47.0 Å². The number of nitrogens with one attached hydrogen (secondary N) is 1. The van der Waals surface area contributed by atoms with Crippen LogP contribution in [0.1, 0.15) is 12.2 Å². The Morgan fingerprint density at radius 2 is 2.36 bits per heavy atom. The first kappa shape index (κ1) is 11.4. The summed E-state index contributed by atoms with van der Waals surface area (Å²) in [4.78, 5) is 8.54. The summed E-state index contributed by atoms with van der Waals surface area (Å²) >= 11 is 3.36. The van der Waals surface area contributed by atoms with E-state index >= 15 is 0 Å². The van der Waals surface area contributed by atoms with Gasteiger partial charge in [0, 0.05) is 33.4 Å². The molecule has 0 spiro atoms. The van der Waals surface area contributed by atoms with Gasteiger partial charge in [-0.15, -0.1) is 0 Å². The maximum absolute atomic E-state index is 4.96. The molecule has 1 N–H and O–H groups in total. The molecule has 0 aliphatic heterocycles. The van der Waals surface area contributed by atoms with E-state index in [0.717, 1.165) is 35.6 Å². The van der Waals surface area contributed by atoms with Crippen molar-refractivity contribution < 1.29 is 4.74 Å². The van der Waals surface area contributed by atoms with Crippen molar-refractivity contribution in [2.75, 3.05) is 26.1 Å². The van der Waals surface area contributed by atoms with Crippen LogP contribution in [0.25, 0.3) is 0 Å². The lowest BCUT2D eigenvalue weighted by atomic mass is 10.3. The number of halogens is 1. The van der Waals surface area contributed by atoms with Crippen molar-refractivity contribution in [2.24, 2.45) is 0 Å². The predicted molar refractivity (Wildman–Crippen MR) is 59.5 cm³/mol. The van der Waals surface area contributed by atoms with Crippen LogP contribution in [0.2, 0.25) is 0 Å². The van der Waals surface area contributed by atoms with Crippen LogP contribution in [0.5, 0.6) is 0 Å². The maximum Gasteiger partial charge on any atom is 0.143 e. The molecule has 1 heterocycles. The Morgan fingerprint density at radius 3 is 3.00 bits per heavy atom. The van der Waals surface area contributed by atoms with Gasteiger partial charge in [-0.25, -0.2) is 9.97 Å². The van der Waals surface area contributed by atoms with Gasteiger partial charge in [0.2, 0.25) is 0 Å².